The first-order chi connectivity index (χ1) is 20.7. The van der Waals surface area contributed by atoms with Gasteiger partial charge in [0.15, 0.2) is 11.5 Å². The number of hydrogen-bond acceptors (Lipinski definition) is 7. The van der Waals surface area contributed by atoms with Crippen molar-refractivity contribution in [2.75, 3.05) is 24.5 Å². The Morgan fingerprint density at radius 1 is 1.14 bits per heavy atom. The molecule has 230 valence electrons. The molecule has 44 heavy (non-hydrogen) atoms. The molecule has 4 aromatic rings. The zero-order chi connectivity index (χ0) is 32.1. The first kappa shape index (κ1) is 30.6. The van der Waals surface area contributed by atoms with Crippen LogP contribution in [0.25, 0.3) is 28.0 Å². The molecule has 14 heteroatoms. The fourth-order valence-electron chi connectivity index (χ4n) is 5.41. The molecule has 0 radical (unpaired) electrons. The first-order valence-corrected chi connectivity index (χ1v) is 13.6. The number of rotatable bonds is 5. The van der Waals surface area contributed by atoms with Gasteiger partial charge in [-0.25, -0.2) is 23.1 Å². The average molecular weight is 615 g/mol. The molecule has 1 saturated heterocycles. The van der Waals surface area contributed by atoms with Crippen LogP contribution in [0.5, 0.6) is 5.75 Å². The maximum Gasteiger partial charge on any atom is 0.418 e. The molecule has 1 aromatic carbocycles. The number of phenolic OH excluding ortho intramolecular Hbond substituents is 1. The number of halogens is 5. The highest BCUT2D eigenvalue weighted by molar-refractivity contribution is 5.91. The van der Waals surface area contributed by atoms with Gasteiger partial charge in [-0.05, 0) is 43.2 Å². The summed E-state index contributed by atoms with van der Waals surface area (Å²) in [6.07, 6.45) is -2.81. The molecular weight excluding hydrogens is 587 g/mol. The number of nitrogens with zero attached hydrogens (tertiary/aromatic N) is 6. The van der Waals surface area contributed by atoms with E-state index in [1.165, 1.54) is 11.0 Å². The minimum atomic E-state index is -4.94. The van der Waals surface area contributed by atoms with Gasteiger partial charge in [0, 0.05) is 31.9 Å². The molecule has 1 amide bonds. The van der Waals surface area contributed by atoms with Crippen LogP contribution in [-0.2, 0) is 11.0 Å². The minimum absolute atomic E-state index is 0.0845. The quantitative estimate of drug-likeness (QED) is 0.244. The van der Waals surface area contributed by atoms with Crippen molar-refractivity contribution < 1.29 is 31.9 Å². The fourth-order valence-corrected chi connectivity index (χ4v) is 5.41. The lowest BCUT2D eigenvalue weighted by atomic mass is 10.0. The summed E-state index contributed by atoms with van der Waals surface area (Å²) in [6, 6.07) is 4.38. The Bertz CT molecular complexity index is 1840. The molecule has 4 heterocycles. The van der Waals surface area contributed by atoms with Gasteiger partial charge in [-0.3, -0.25) is 9.78 Å². The summed E-state index contributed by atoms with van der Waals surface area (Å²) in [5.41, 5.74) is -4.97. The van der Waals surface area contributed by atoms with E-state index in [2.05, 4.69) is 21.5 Å². The van der Waals surface area contributed by atoms with E-state index in [-0.39, 0.29) is 42.4 Å². The number of alkyl halides is 3. The van der Waals surface area contributed by atoms with E-state index < -0.39 is 69.4 Å². The number of hydrogen-bond donors (Lipinski definition) is 1. The Kier molecular flexibility index (Phi) is 7.87. The second kappa shape index (κ2) is 11.3. The maximum absolute atomic E-state index is 15.8. The van der Waals surface area contributed by atoms with Gasteiger partial charge in [-0.2, -0.15) is 18.2 Å². The number of phenols is 1. The SMILES string of the molecule is C=CC(=O)N1CCN(c2nc(=O)n(-c3c(C(F)(F)F)ccnc3C(C)C)c3nc(-c4c(O)cccc4F)c(F)cc23)[C@@H](C)C1. The van der Waals surface area contributed by atoms with E-state index in [0.29, 0.717) is 10.6 Å². The molecule has 0 unspecified atom stereocenters. The van der Waals surface area contributed by atoms with Crippen LogP contribution in [0.4, 0.5) is 27.8 Å². The Morgan fingerprint density at radius 3 is 2.48 bits per heavy atom. The number of aromatic hydroxyl groups is 1. The Hall–Kier alpha value is -4.88. The van der Waals surface area contributed by atoms with Crippen molar-refractivity contribution >= 4 is 22.8 Å². The number of fused-ring (bicyclic) bond motifs is 1. The zero-order valence-electron chi connectivity index (χ0n) is 23.9. The summed E-state index contributed by atoms with van der Waals surface area (Å²) in [7, 11) is 0. The normalized spacial score (nSPS) is 15.7. The Labute approximate surface area is 247 Å². The topological polar surface area (TPSA) is 104 Å². The van der Waals surface area contributed by atoms with Gasteiger partial charge in [-0.1, -0.05) is 26.5 Å². The first-order valence-electron chi connectivity index (χ1n) is 13.6. The van der Waals surface area contributed by atoms with Crippen LogP contribution in [0.2, 0.25) is 0 Å². The predicted molar refractivity (Wildman–Crippen MR) is 153 cm³/mol. The standard InChI is InChI=1S/C30H27F5N6O3/c1-5-22(43)39-11-12-40(16(4)14-39)27-17-13-20(32)25(23-19(31)7-6-8-21(23)42)37-28(17)41(29(44)38-27)26-18(30(33,34)35)9-10-36-24(26)15(2)3/h5-10,13,15-16,42H,1,11-12,14H2,2-4H3/t16-/m0/s1. The van der Waals surface area contributed by atoms with Gasteiger partial charge in [0.05, 0.1) is 27.9 Å². The van der Waals surface area contributed by atoms with Crippen molar-refractivity contribution in [3.05, 3.63) is 82.6 Å². The summed E-state index contributed by atoms with van der Waals surface area (Å²) < 4.78 is 74.5. The third-order valence-electron chi connectivity index (χ3n) is 7.44. The lowest BCUT2D eigenvalue weighted by molar-refractivity contribution is -0.137. The van der Waals surface area contributed by atoms with Crippen molar-refractivity contribution in [2.45, 2.75) is 38.9 Å². The number of carbonyl (C=O) groups excluding carboxylic acids is 1. The Morgan fingerprint density at radius 2 is 1.86 bits per heavy atom. The average Bonchev–Trinajstić information content (AvgIpc) is 2.96. The molecule has 3 aromatic heterocycles. The molecule has 0 saturated carbocycles. The lowest BCUT2D eigenvalue weighted by Crippen LogP contribution is -2.54. The minimum Gasteiger partial charge on any atom is -0.507 e. The summed E-state index contributed by atoms with van der Waals surface area (Å²) >= 11 is 0. The molecule has 0 bridgehead atoms. The van der Waals surface area contributed by atoms with Crippen LogP contribution in [0.15, 0.2) is 54.0 Å². The molecule has 1 atom stereocenters. The predicted octanol–water partition coefficient (Wildman–Crippen LogP) is 5.19. The zero-order valence-corrected chi connectivity index (χ0v) is 23.9. The number of aromatic nitrogens is 4. The molecule has 1 aliphatic rings. The van der Waals surface area contributed by atoms with Crippen molar-refractivity contribution in [3.8, 4) is 22.7 Å². The lowest BCUT2D eigenvalue weighted by Gasteiger charge is -2.40. The maximum atomic E-state index is 15.8. The van der Waals surface area contributed by atoms with Gasteiger partial charge >= 0.3 is 11.9 Å². The molecular formula is C30H27F5N6O3. The summed E-state index contributed by atoms with van der Waals surface area (Å²) in [4.78, 5) is 41.6. The molecule has 0 spiro atoms. The van der Waals surface area contributed by atoms with E-state index >= 15 is 4.39 Å². The fraction of sp³-hybridized carbons (Fsp3) is 0.300. The van der Waals surface area contributed by atoms with Crippen molar-refractivity contribution in [3.63, 3.8) is 0 Å². The molecule has 1 N–H and O–H groups in total. The largest absolute Gasteiger partial charge is 0.507 e. The van der Waals surface area contributed by atoms with Crippen LogP contribution in [0, 0.1) is 11.6 Å². The smallest absolute Gasteiger partial charge is 0.418 e. The summed E-state index contributed by atoms with van der Waals surface area (Å²) in [5, 5.41) is 10.3. The van der Waals surface area contributed by atoms with E-state index in [4.69, 9.17) is 0 Å². The van der Waals surface area contributed by atoms with Gasteiger partial charge < -0.3 is 14.9 Å². The second-order valence-corrected chi connectivity index (χ2v) is 10.7. The number of carbonyl (C=O) groups is 1. The van der Waals surface area contributed by atoms with Crippen LogP contribution < -0.4 is 10.6 Å². The molecule has 5 rings (SSSR count). The van der Waals surface area contributed by atoms with E-state index in [9.17, 15) is 32.3 Å². The van der Waals surface area contributed by atoms with Crippen LogP contribution >= 0.6 is 0 Å². The number of pyridine rings is 2. The second-order valence-electron chi connectivity index (χ2n) is 10.7. The van der Waals surface area contributed by atoms with E-state index in [1.807, 2.05) is 0 Å². The van der Waals surface area contributed by atoms with Gasteiger partial charge in [0.25, 0.3) is 0 Å². The monoisotopic (exact) mass is 614 g/mol. The number of amides is 1. The number of benzene rings is 1. The number of piperazine rings is 1. The highest BCUT2D eigenvalue weighted by Crippen LogP contribution is 2.40. The van der Waals surface area contributed by atoms with Crippen LogP contribution in [0.3, 0.4) is 0 Å². The third-order valence-corrected chi connectivity index (χ3v) is 7.44. The Balaban J connectivity index is 1.88. The van der Waals surface area contributed by atoms with E-state index in [0.717, 1.165) is 30.5 Å². The van der Waals surface area contributed by atoms with Crippen LogP contribution in [-0.4, -0.2) is 61.1 Å². The van der Waals surface area contributed by atoms with Crippen molar-refractivity contribution in [1.82, 2.24) is 24.4 Å². The highest BCUT2D eigenvalue weighted by Gasteiger charge is 2.38. The molecule has 9 nitrogen and oxygen atoms in total. The summed E-state index contributed by atoms with van der Waals surface area (Å²) in [5.74, 6) is -3.85. The van der Waals surface area contributed by atoms with Crippen molar-refractivity contribution in [1.29, 1.82) is 0 Å². The van der Waals surface area contributed by atoms with Gasteiger partial charge in [0.1, 0.15) is 23.1 Å². The van der Waals surface area contributed by atoms with Crippen LogP contribution in [0.1, 0.15) is 37.9 Å². The van der Waals surface area contributed by atoms with Crippen molar-refractivity contribution in [2.24, 2.45) is 0 Å². The van der Waals surface area contributed by atoms with Gasteiger partial charge in [0.2, 0.25) is 5.91 Å². The van der Waals surface area contributed by atoms with E-state index in [1.54, 1.807) is 25.7 Å². The summed E-state index contributed by atoms with van der Waals surface area (Å²) in [6.45, 7) is 8.91. The molecule has 1 fully saturated rings. The van der Waals surface area contributed by atoms with Gasteiger partial charge in [-0.15, -0.1) is 0 Å². The molecule has 1 aliphatic heterocycles. The molecule has 0 aliphatic carbocycles. The third kappa shape index (κ3) is 5.24. The number of anilines is 1. The highest BCUT2D eigenvalue weighted by atomic mass is 19.4.